The molecule has 0 amide bonds. The van der Waals surface area contributed by atoms with Gasteiger partial charge in [-0.15, -0.1) is 0 Å². The van der Waals surface area contributed by atoms with Gasteiger partial charge in [0.1, 0.15) is 0 Å². The highest BCUT2D eigenvalue weighted by Gasteiger charge is 2.13. The first kappa shape index (κ1) is 15.2. The Kier molecular flexibility index (Phi) is 6.99. The topological polar surface area (TPSA) is 15.3 Å². The molecule has 1 N–H and O–H groups in total. The van der Waals surface area contributed by atoms with E-state index in [1.165, 1.54) is 5.56 Å². The third-order valence-electron chi connectivity index (χ3n) is 3.40. The molecule has 1 atom stereocenters. The normalized spacial score (nSPS) is 13.2. The smallest absolute Gasteiger partial charge is 0.0217 e. The van der Waals surface area contributed by atoms with E-state index in [2.05, 4.69) is 68.4 Å². The van der Waals surface area contributed by atoms with Gasteiger partial charge in [-0.05, 0) is 31.5 Å². The molecule has 2 nitrogen and oxygen atoms in total. The lowest BCUT2D eigenvalue weighted by molar-refractivity contribution is 0.259. The maximum absolute atomic E-state index is 3.57. The van der Waals surface area contributed by atoms with Crippen LogP contribution in [0, 0.1) is 5.92 Å². The Morgan fingerprint density at radius 3 is 2.39 bits per heavy atom. The van der Waals surface area contributed by atoms with Crippen LogP contribution in [0.3, 0.4) is 0 Å². The number of nitrogens with zero attached hydrogens (tertiary/aromatic N) is 1. The Labute approximate surface area is 112 Å². The minimum atomic E-state index is 0.593. The lowest BCUT2D eigenvalue weighted by atomic mass is 10.0. The lowest BCUT2D eigenvalue weighted by Gasteiger charge is -2.27. The maximum atomic E-state index is 3.57. The molecule has 0 spiro atoms. The SMILES string of the molecule is CCNC(CN(C)CCc1ccccc1)C(C)C. The first-order chi connectivity index (χ1) is 8.63. The first-order valence-corrected chi connectivity index (χ1v) is 7.09. The van der Waals surface area contributed by atoms with E-state index in [0.717, 1.165) is 26.1 Å². The summed E-state index contributed by atoms with van der Waals surface area (Å²) in [7, 11) is 2.22. The van der Waals surface area contributed by atoms with Crippen LogP contribution in [0.15, 0.2) is 30.3 Å². The first-order valence-electron chi connectivity index (χ1n) is 7.09. The number of hydrogen-bond acceptors (Lipinski definition) is 2. The van der Waals surface area contributed by atoms with Crippen LogP contribution >= 0.6 is 0 Å². The number of likely N-dealkylation sites (N-methyl/N-ethyl adjacent to an activating group) is 2. The summed E-state index contributed by atoms with van der Waals surface area (Å²) in [5.74, 6) is 0.684. The molecule has 0 heterocycles. The van der Waals surface area contributed by atoms with E-state index in [9.17, 15) is 0 Å². The van der Waals surface area contributed by atoms with Crippen LogP contribution < -0.4 is 5.32 Å². The molecule has 0 radical (unpaired) electrons. The highest BCUT2D eigenvalue weighted by atomic mass is 15.1. The van der Waals surface area contributed by atoms with Gasteiger partial charge in [0.05, 0.1) is 0 Å². The number of nitrogens with one attached hydrogen (secondary N) is 1. The molecule has 0 aliphatic rings. The van der Waals surface area contributed by atoms with Crippen LogP contribution in [0.5, 0.6) is 0 Å². The standard InChI is InChI=1S/C16H28N2/c1-5-17-16(14(2)3)13-18(4)12-11-15-9-7-6-8-10-15/h6-10,14,16-17H,5,11-13H2,1-4H3. The van der Waals surface area contributed by atoms with Gasteiger partial charge in [-0.2, -0.15) is 0 Å². The van der Waals surface area contributed by atoms with Gasteiger partial charge >= 0.3 is 0 Å². The van der Waals surface area contributed by atoms with Crippen molar-refractivity contribution in [2.75, 3.05) is 26.7 Å². The van der Waals surface area contributed by atoms with Crippen molar-refractivity contribution in [3.8, 4) is 0 Å². The summed E-state index contributed by atoms with van der Waals surface area (Å²) in [6, 6.07) is 11.3. The average molecular weight is 248 g/mol. The van der Waals surface area contributed by atoms with E-state index < -0.39 is 0 Å². The minimum absolute atomic E-state index is 0.593. The Bertz CT molecular complexity index is 308. The highest BCUT2D eigenvalue weighted by Crippen LogP contribution is 2.05. The summed E-state index contributed by atoms with van der Waals surface area (Å²) in [5.41, 5.74) is 1.42. The summed E-state index contributed by atoms with van der Waals surface area (Å²) in [6.07, 6.45) is 1.13. The van der Waals surface area contributed by atoms with E-state index in [0.29, 0.717) is 12.0 Å². The molecular formula is C16H28N2. The molecule has 102 valence electrons. The molecule has 0 bridgehead atoms. The highest BCUT2D eigenvalue weighted by molar-refractivity contribution is 5.14. The van der Waals surface area contributed by atoms with Crippen LogP contribution in [-0.4, -0.2) is 37.6 Å². The molecule has 1 aromatic carbocycles. The molecule has 2 heteroatoms. The van der Waals surface area contributed by atoms with Crippen LogP contribution in [-0.2, 0) is 6.42 Å². The predicted molar refractivity (Wildman–Crippen MR) is 79.9 cm³/mol. The monoisotopic (exact) mass is 248 g/mol. The van der Waals surface area contributed by atoms with Crippen molar-refractivity contribution in [3.63, 3.8) is 0 Å². The molecule has 0 fully saturated rings. The van der Waals surface area contributed by atoms with E-state index in [-0.39, 0.29) is 0 Å². The zero-order valence-corrected chi connectivity index (χ0v) is 12.3. The van der Waals surface area contributed by atoms with E-state index in [1.807, 2.05) is 0 Å². The van der Waals surface area contributed by atoms with Gasteiger partial charge in [-0.3, -0.25) is 0 Å². The molecule has 0 saturated heterocycles. The molecular weight excluding hydrogens is 220 g/mol. The van der Waals surface area contributed by atoms with Crippen LogP contribution in [0.2, 0.25) is 0 Å². The molecule has 0 aromatic heterocycles. The minimum Gasteiger partial charge on any atom is -0.313 e. The summed E-state index contributed by atoms with van der Waals surface area (Å²) < 4.78 is 0. The summed E-state index contributed by atoms with van der Waals surface area (Å²) in [4.78, 5) is 2.43. The lowest BCUT2D eigenvalue weighted by Crippen LogP contribution is -2.43. The quantitative estimate of drug-likeness (QED) is 0.761. The Morgan fingerprint density at radius 1 is 1.17 bits per heavy atom. The van der Waals surface area contributed by atoms with Gasteiger partial charge in [-0.25, -0.2) is 0 Å². The fourth-order valence-corrected chi connectivity index (χ4v) is 2.16. The van der Waals surface area contributed by atoms with E-state index in [1.54, 1.807) is 0 Å². The summed E-state index contributed by atoms with van der Waals surface area (Å²) in [5, 5.41) is 3.57. The van der Waals surface area contributed by atoms with Crippen molar-refractivity contribution >= 4 is 0 Å². The van der Waals surface area contributed by atoms with Gasteiger partial charge in [-0.1, -0.05) is 51.1 Å². The molecule has 0 saturated carbocycles. The predicted octanol–water partition coefficient (Wildman–Crippen LogP) is 2.80. The van der Waals surface area contributed by atoms with Gasteiger partial charge in [0, 0.05) is 19.1 Å². The average Bonchev–Trinajstić information content (AvgIpc) is 2.37. The van der Waals surface area contributed by atoms with Crippen LogP contribution in [0.1, 0.15) is 26.3 Å². The van der Waals surface area contributed by atoms with E-state index >= 15 is 0 Å². The third kappa shape index (κ3) is 5.65. The second-order valence-corrected chi connectivity index (χ2v) is 5.41. The molecule has 1 rings (SSSR count). The van der Waals surface area contributed by atoms with Gasteiger partial charge in [0.15, 0.2) is 0 Å². The zero-order valence-electron chi connectivity index (χ0n) is 12.3. The largest absolute Gasteiger partial charge is 0.313 e. The fourth-order valence-electron chi connectivity index (χ4n) is 2.16. The number of benzene rings is 1. The summed E-state index contributed by atoms with van der Waals surface area (Å²) in [6.45, 7) is 10.1. The van der Waals surface area contributed by atoms with Gasteiger partial charge < -0.3 is 10.2 Å². The van der Waals surface area contributed by atoms with Crippen molar-refractivity contribution in [2.45, 2.75) is 33.2 Å². The Balaban J connectivity index is 2.34. The van der Waals surface area contributed by atoms with Gasteiger partial charge in [0.25, 0.3) is 0 Å². The van der Waals surface area contributed by atoms with Crippen molar-refractivity contribution in [2.24, 2.45) is 5.92 Å². The second kappa shape index (κ2) is 8.28. The molecule has 0 aliphatic carbocycles. The maximum Gasteiger partial charge on any atom is 0.0217 e. The van der Waals surface area contributed by atoms with Crippen molar-refractivity contribution in [1.82, 2.24) is 10.2 Å². The van der Waals surface area contributed by atoms with E-state index in [4.69, 9.17) is 0 Å². The van der Waals surface area contributed by atoms with Crippen molar-refractivity contribution < 1.29 is 0 Å². The summed E-state index contributed by atoms with van der Waals surface area (Å²) >= 11 is 0. The van der Waals surface area contributed by atoms with Crippen molar-refractivity contribution in [1.29, 1.82) is 0 Å². The van der Waals surface area contributed by atoms with Crippen LogP contribution in [0.4, 0.5) is 0 Å². The molecule has 1 aromatic rings. The number of rotatable bonds is 8. The molecule has 1 unspecified atom stereocenters. The zero-order chi connectivity index (χ0) is 13.4. The van der Waals surface area contributed by atoms with Gasteiger partial charge in [0.2, 0.25) is 0 Å². The third-order valence-corrected chi connectivity index (χ3v) is 3.40. The fraction of sp³-hybridized carbons (Fsp3) is 0.625. The van der Waals surface area contributed by atoms with Crippen molar-refractivity contribution in [3.05, 3.63) is 35.9 Å². The molecule has 18 heavy (non-hydrogen) atoms. The van der Waals surface area contributed by atoms with Crippen LogP contribution in [0.25, 0.3) is 0 Å². The Morgan fingerprint density at radius 2 is 1.83 bits per heavy atom. The molecule has 0 aliphatic heterocycles. The second-order valence-electron chi connectivity index (χ2n) is 5.41. The number of hydrogen-bond donors (Lipinski definition) is 1. The Hall–Kier alpha value is -0.860.